The smallest absolute Gasteiger partial charge is 0.252 e. The molecular weight excluding hydrogens is 340 g/mol. The SMILES string of the molecule is O=C(NC(C(=O)NCCCn1ccnc1)c1ccccc1)c1ccccc1. The molecule has 1 heterocycles. The number of hydrogen-bond donors (Lipinski definition) is 2. The van der Waals surface area contributed by atoms with Crippen LogP contribution in [-0.4, -0.2) is 27.9 Å². The Morgan fingerprint density at radius 2 is 1.70 bits per heavy atom. The quantitative estimate of drug-likeness (QED) is 0.605. The zero-order valence-electron chi connectivity index (χ0n) is 14.9. The topological polar surface area (TPSA) is 76.0 Å². The van der Waals surface area contributed by atoms with E-state index in [0.717, 1.165) is 18.5 Å². The Hall–Kier alpha value is -3.41. The van der Waals surface area contributed by atoms with Gasteiger partial charge >= 0.3 is 0 Å². The Kier molecular flexibility index (Phi) is 6.35. The van der Waals surface area contributed by atoms with Crippen molar-refractivity contribution in [1.82, 2.24) is 20.2 Å². The molecule has 0 saturated carbocycles. The molecule has 0 aliphatic rings. The molecule has 0 aliphatic heterocycles. The van der Waals surface area contributed by atoms with E-state index in [1.165, 1.54) is 0 Å². The molecule has 27 heavy (non-hydrogen) atoms. The Morgan fingerprint density at radius 3 is 2.37 bits per heavy atom. The summed E-state index contributed by atoms with van der Waals surface area (Å²) < 4.78 is 1.96. The Labute approximate surface area is 158 Å². The minimum absolute atomic E-state index is 0.226. The third-order valence-electron chi connectivity index (χ3n) is 4.16. The minimum atomic E-state index is -0.743. The average Bonchev–Trinajstić information content (AvgIpc) is 3.24. The van der Waals surface area contributed by atoms with E-state index in [-0.39, 0.29) is 11.8 Å². The summed E-state index contributed by atoms with van der Waals surface area (Å²) in [6.45, 7) is 1.29. The number of nitrogens with zero attached hydrogens (tertiary/aromatic N) is 2. The molecule has 6 heteroatoms. The van der Waals surface area contributed by atoms with Gasteiger partial charge in [-0.3, -0.25) is 9.59 Å². The third kappa shape index (κ3) is 5.28. The van der Waals surface area contributed by atoms with E-state index < -0.39 is 6.04 Å². The van der Waals surface area contributed by atoms with Crippen molar-refractivity contribution in [3.05, 3.63) is 90.5 Å². The molecular formula is C21H22N4O2. The summed E-state index contributed by atoms with van der Waals surface area (Å²) in [6.07, 6.45) is 6.13. The Balaban J connectivity index is 1.62. The lowest BCUT2D eigenvalue weighted by Crippen LogP contribution is -2.40. The van der Waals surface area contributed by atoms with Gasteiger partial charge in [-0.25, -0.2) is 4.98 Å². The van der Waals surface area contributed by atoms with Crippen molar-refractivity contribution in [3.63, 3.8) is 0 Å². The van der Waals surface area contributed by atoms with Crippen LogP contribution >= 0.6 is 0 Å². The number of benzene rings is 2. The van der Waals surface area contributed by atoms with E-state index in [4.69, 9.17) is 0 Å². The molecule has 6 nitrogen and oxygen atoms in total. The van der Waals surface area contributed by atoms with Crippen molar-refractivity contribution < 1.29 is 9.59 Å². The lowest BCUT2D eigenvalue weighted by Gasteiger charge is -2.19. The minimum Gasteiger partial charge on any atom is -0.354 e. The first-order chi connectivity index (χ1) is 13.2. The number of nitrogens with one attached hydrogen (secondary N) is 2. The molecule has 2 amide bonds. The molecule has 0 radical (unpaired) electrons. The molecule has 138 valence electrons. The lowest BCUT2D eigenvalue weighted by atomic mass is 10.1. The standard InChI is InChI=1S/C21H22N4O2/c26-20(18-10-5-2-6-11-18)24-19(17-8-3-1-4-9-17)21(27)23-12-7-14-25-15-13-22-16-25/h1-6,8-11,13,15-16,19H,7,12,14H2,(H,23,27)(H,24,26). The number of aromatic nitrogens is 2. The first kappa shape index (κ1) is 18.4. The van der Waals surface area contributed by atoms with Crippen LogP contribution in [0.4, 0.5) is 0 Å². The maximum Gasteiger partial charge on any atom is 0.252 e. The summed E-state index contributed by atoms with van der Waals surface area (Å²) in [7, 11) is 0. The van der Waals surface area contributed by atoms with Crippen molar-refractivity contribution in [2.24, 2.45) is 0 Å². The van der Waals surface area contributed by atoms with Crippen LogP contribution in [0.3, 0.4) is 0 Å². The van der Waals surface area contributed by atoms with Crippen LogP contribution in [0.5, 0.6) is 0 Å². The van der Waals surface area contributed by atoms with Gasteiger partial charge in [0, 0.05) is 31.0 Å². The molecule has 0 fully saturated rings. The summed E-state index contributed by atoms with van der Waals surface area (Å²) in [5.74, 6) is -0.505. The van der Waals surface area contributed by atoms with Gasteiger partial charge in [-0.15, -0.1) is 0 Å². The second-order valence-corrected chi connectivity index (χ2v) is 6.13. The molecule has 1 atom stereocenters. The average molecular weight is 362 g/mol. The molecule has 3 rings (SSSR count). The van der Waals surface area contributed by atoms with Crippen LogP contribution in [0.15, 0.2) is 79.4 Å². The maximum absolute atomic E-state index is 12.7. The van der Waals surface area contributed by atoms with Crippen LogP contribution in [-0.2, 0) is 11.3 Å². The van der Waals surface area contributed by atoms with Gasteiger partial charge in [0.1, 0.15) is 6.04 Å². The van der Waals surface area contributed by atoms with Crippen molar-refractivity contribution >= 4 is 11.8 Å². The molecule has 1 aromatic heterocycles. The number of aryl methyl sites for hydroxylation is 1. The fraction of sp³-hybridized carbons (Fsp3) is 0.190. The first-order valence-corrected chi connectivity index (χ1v) is 8.88. The normalized spacial score (nSPS) is 11.6. The molecule has 2 aromatic carbocycles. The predicted molar refractivity (Wildman–Crippen MR) is 103 cm³/mol. The number of carbonyl (C=O) groups is 2. The van der Waals surface area contributed by atoms with Crippen LogP contribution in [0.1, 0.15) is 28.4 Å². The van der Waals surface area contributed by atoms with Crippen LogP contribution in [0.2, 0.25) is 0 Å². The summed E-state index contributed by atoms with van der Waals surface area (Å²) >= 11 is 0. The molecule has 3 aromatic rings. The zero-order valence-corrected chi connectivity index (χ0v) is 14.9. The van der Waals surface area contributed by atoms with E-state index in [1.54, 1.807) is 36.8 Å². The van der Waals surface area contributed by atoms with E-state index >= 15 is 0 Å². The second kappa shape index (κ2) is 9.33. The summed E-state index contributed by atoms with van der Waals surface area (Å²) in [5, 5.41) is 5.75. The Bertz CT molecular complexity index is 848. The van der Waals surface area contributed by atoms with Gasteiger partial charge in [0.2, 0.25) is 5.91 Å². The summed E-state index contributed by atoms with van der Waals surface area (Å²) in [5.41, 5.74) is 1.26. The number of amides is 2. The highest BCUT2D eigenvalue weighted by atomic mass is 16.2. The third-order valence-corrected chi connectivity index (χ3v) is 4.16. The van der Waals surface area contributed by atoms with Crippen LogP contribution < -0.4 is 10.6 Å². The van der Waals surface area contributed by atoms with Gasteiger partial charge < -0.3 is 15.2 Å². The van der Waals surface area contributed by atoms with E-state index in [0.29, 0.717) is 12.1 Å². The number of carbonyl (C=O) groups excluding carboxylic acids is 2. The lowest BCUT2D eigenvalue weighted by molar-refractivity contribution is -0.123. The molecule has 1 unspecified atom stereocenters. The van der Waals surface area contributed by atoms with Gasteiger partial charge in [0.05, 0.1) is 6.33 Å². The van der Waals surface area contributed by atoms with Crippen molar-refractivity contribution in [3.8, 4) is 0 Å². The fourth-order valence-corrected chi connectivity index (χ4v) is 2.74. The number of rotatable bonds is 8. The van der Waals surface area contributed by atoms with Crippen molar-refractivity contribution in [2.75, 3.05) is 6.54 Å². The highest BCUT2D eigenvalue weighted by Gasteiger charge is 2.22. The zero-order chi connectivity index (χ0) is 18.9. The first-order valence-electron chi connectivity index (χ1n) is 8.88. The van der Waals surface area contributed by atoms with Crippen LogP contribution in [0, 0.1) is 0 Å². The monoisotopic (exact) mass is 362 g/mol. The van der Waals surface area contributed by atoms with Crippen molar-refractivity contribution in [2.45, 2.75) is 19.0 Å². The van der Waals surface area contributed by atoms with Gasteiger partial charge in [-0.2, -0.15) is 0 Å². The van der Waals surface area contributed by atoms with Crippen LogP contribution in [0.25, 0.3) is 0 Å². The Morgan fingerprint density at radius 1 is 1.00 bits per heavy atom. The van der Waals surface area contributed by atoms with E-state index in [1.807, 2.05) is 47.2 Å². The molecule has 2 N–H and O–H groups in total. The highest BCUT2D eigenvalue weighted by molar-refractivity contribution is 5.97. The van der Waals surface area contributed by atoms with E-state index in [9.17, 15) is 9.59 Å². The van der Waals surface area contributed by atoms with E-state index in [2.05, 4.69) is 15.6 Å². The molecule has 0 aliphatic carbocycles. The number of hydrogen-bond acceptors (Lipinski definition) is 3. The number of imidazole rings is 1. The molecule has 0 bridgehead atoms. The van der Waals surface area contributed by atoms with Gasteiger partial charge in [-0.1, -0.05) is 48.5 Å². The van der Waals surface area contributed by atoms with Gasteiger partial charge in [-0.05, 0) is 24.1 Å². The second-order valence-electron chi connectivity index (χ2n) is 6.13. The van der Waals surface area contributed by atoms with Crippen molar-refractivity contribution in [1.29, 1.82) is 0 Å². The predicted octanol–water partition coefficient (Wildman–Crippen LogP) is 2.56. The van der Waals surface area contributed by atoms with Gasteiger partial charge in [0.25, 0.3) is 5.91 Å². The summed E-state index contributed by atoms with van der Waals surface area (Å²) in [6, 6.07) is 17.4. The van der Waals surface area contributed by atoms with Gasteiger partial charge in [0.15, 0.2) is 0 Å². The summed E-state index contributed by atoms with van der Waals surface area (Å²) in [4.78, 5) is 29.2. The fourth-order valence-electron chi connectivity index (χ4n) is 2.74. The maximum atomic E-state index is 12.7. The highest BCUT2D eigenvalue weighted by Crippen LogP contribution is 2.14. The largest absolute Gasteiger partial charge is 0.354 e. The molecule has 0 spiro atoms. The molecule has 0 saturated heterocycles.